The van der Waals surface area contributed by atoms with Crippen molar-refractivity contribution in [3.05, 3.63) is 42.0 Å². The third kappa shape index (κ3) is 2.93. The van der Waals surface area contributed by atoms with Crippen LogP contribution in [0, 0.1) is 23.2 Å². The van der Waals surface area contributed by atoms with Gasteiger partial charge in [0.25, 0.3) is 5.91 Å². The second-order valence-corrected chi connectivity index (χ2v) is 9.58. The molecular weight excluding hydrogens is 366 g/mol. The van der Waals surface area contributed by atoms with Crippen molar-refractivity contribution in [1.82, 2.24) is 4.90 Å². The van der Waals surface area contributed by atoms with Crippen molar-refractivity contribution in [2.24, 2.45) is 23.2 Å². The molecule has 5 aliphatic rings. The van der Waals surface area contributed by atoms with Crippen LogP contribution in [0.25, 0.3) is 5.70 Å². The molecule has 0 N–H and O–H groups in total. The number of rotatable bonds is 5. The third-order valence-electron chi connectivity index (χ3n) is 7.56. The standard InChI is InChI=1S/C24H27NO4/c1-14-19-5-3-4-6-20(19)23(28)25(14)13-21(26)29-15(2)22(27)24-10-16-7-17(11-24)9-18(8-16)12-24/h3-6,15-18H,1,7-13H2,2H3. The molecule has 1 amide bonds. The maximum atomic E-state index is 13.3. The van der Waals surface area contributed by atoms with Crippen LogP contribution in [0.3, 0.4) is 0 Å². The van der Waals surface area contributed by atoms with E-state index < -0.39 is 12.1 Å². The van der Waals surface area contributed by atoms with Crippen molar-refractivity contribution in [2.75, 3.05) is 6.54 Å². The van der Waals surface area contributed by atoms with Gasteiger partial charge in [0.1, 0.15) is 6.54 Å². The summed E-state index contributed by atoms with van der Waals surface area (Å²) in [6.07, 6.45) is 5.89. The Hall–Kier alpha value is -2.43. The van der Waals surface area contributed by atoms with Gasteiger partial charge in [0.15, 0.2) is 11.9 Å². The molecule has 1 aromatic rings. The first-order chi connectivity index (χ1) is 13.9. The van der Waals surface area contributed by atoms with Gasteiger partial charge in [0.2, 0.25) is 0 Å². The number of ketones is 1. The van der Waals surface area contributed by atoms with Crippen LogP contribution >= 0.6 is 0 Å². The van der Waals surface area contributed by atoms with Crippen LogP contribution < -0.4 is 0 Å². The number of carbonyl (C=O) groups is 3. The molecule has 1 unspecified atom stereocenters. The highest BCUT2D eigenvalue weighted by molar-refractivity contribution is 6.10. The summed E-state index contributed by atoms with van der Waals surface area (Å²) in [7, 11) is 0. The lowest BCUT2D eigenvalue weighted by molar-refractivity contribution is -0.164. The number of fused-ring (bicyclic) bond motifs is 1. The molecule has 4 saturated carbocycles. The minimum atomic E-state index is -0.771. The van der Waals surface area contributed by atoms with Gasteiger partial charge in [-0.05, 0) is 69.3 Å². The third-order valence-corrected chi connectivity index (χ3v) is 7.56. The average Bonchev–Trinajstić information content (AvgIpc) is 2.91. The summed E-state index contributed by atoms with van der Waals surface area (Å²) in [6, 6.07) is 7.18. The summed E-state index contributed by atoms with van der Waals surface area (Å²) in [5, 5.41) is 0. The Morgan fingerprint density at radius 3 is 2.21 bits per heavy atom. The van der Waals surface area contributed by atoms with Crippen LogP contribution in [0.4, 0.5) is 0 Å². The number of nitrogens with zero attached hydrogens (tertiary/aromatic N) is 1. The molecule has 6 rings (SSSR count). The van der Waals surface area contributed by atoms with Gasteiger partial charge >= 0.3 is 5.97 Å². The smallest absolute Gasteiger partial charge is 0.326 e. The van der Waals surface area contributed by atoms with Gasteiger partial charge in [0.05, 0.1) is 0 Å². The fourth-order valence-electron chi connectivity index (χ4n) is 6.76. The fraction of sp³-hybridized carbons (Fsp3) is 0.542. The van der Waals surface area contributed by atoms with E-state index in [4.69, 9.17) is 4.74 Å². The number of benzene rings is 1. The Morgan fingerprint density at radius 1 is 1.10 bits per heavy atom. The van der Waals surface area contributed by atoms with Gasteiger partial charge in [-0.1, -0.05) is 24.8 Å². The van der Waals surface area contributed by atoms with Crippen LogP contribution in [0.5, 0.6) is 0 Å². The average molecular weight is 393 g/mol. The lowest BCUT2D eigenvalue weighted by Gasteiger charge is -2.56. The molecule has 1 aliphatic heterocycles. The summed E-state index contributed by atoms with van der Waals surface area (Å²) in [5.74, 6) is 1.27. The number of carbonyl (C=O) groups excluding carboxylic acids is 3. The van der Waals surface area contributed by atoms with E-state index in [0.29, 0.717) is 29.0 Å². The number of Topliss-reactive ketones (excluding diaryl/α,β-unsaturated/α-hetero) is 1. The molecule has 4 bridgehead atoms. The summed E-state index contributed by atoms with van der Waals surface area (Å²) in [4.78, 5) is 39.8. The van der Waals surface area contributed by atoms with Crippen LogP contribution in [0.15, 0.2) is 30.8 Å². The summed E-state index contributed by atoms with van der Waals surface area (Å²) in [6.45, 7) is 5.42. The first kappa shape index (κ1) is 18.6. The topological polar surface area (TPSA) is 63.7 Å². The lowest BCUT2D eigenvalue weighted by Crippen LogP contribution is -2.53. The SMILES string of the molecule is C=C1c2ccccc2C(=O)N1CC(=O)OC(C)C(=O)C12CC3CC(CC(C3)C1)C2. The summed E-state index contributed by atoms with van der Waals surface area (Å²) >= 11 is 0. The Labute approximate surface area is 171 Å². The van der Waals surface area contributed by atoms with Crippen molar-refractivity contribution in [1.29, 1.82) is 0 Å². The maximum Gasteiger partial charge on any atom is 0.326 e. The predicted molar refractivity (Wildman–Crippen MR) is 108 cm³/mol. The Kier molecular flexibility index (Phi) is 4.19. The molecule has 4 aliphatic carbocycles. The normalized spacial score (nSPS) is 33.0. The molecule has 1 atom stereocenters. The van der Waals surface area contributed by atoms with E-state index in [1.807, 2.05) is 12.1 Å². The van der Waals surface area contributed by atoms with E-state index in [2.05, 4.69) is 6.58 Å². The van der Waals surface area contributed by atoms with Gasteiger partial charge in [-0.2, -0.15) is 0 Å². The number of ether oxygens (including phenoxy) is 1. The van der Waals surface area contributed by atoms with E-state index >= 15 is 0 Å². The molecule has 29 heavy (non-hydrogen) atoms. The minimum Gasteiger partial charge on any atom is -0.453 e. The molecule has 5 heteroatoms. The molecule has 0 spiro atoms. The van der Waals surface area contributed by atoms with Gasteiger partial charge in [-0.15, -0.1) is 0 Å². The molecule has 5 nitrogen and oxygen atoms in total. The zero-order chi connectivity index (χ0) is 20.3. The van der Waals surface area contributed by atoms with Crippen molar-refractivity contribution >= 4 is 23.4 Å². The predicted octanol–water partition coefficient (Wildman–Crippen LogP) is 3.83. The summed E-state index contributed by atoms with van der Waals surface area (Å²) in [5.41, 5.74) is 1.49. The van der Waals surface area contributed by atoms with E-state index in [-0.39, 0.29) is 23.7 Å². The maximum absolute atomic E-state index is 13.3. The second-order valence-electron chi connectivity index (χ2n) is 9.58. The van der Waals surface area contributed by atoms with Crippen LogP contribution in [0.1, 0.15) is 61.4 Å². The number of hydrogen-bond acceptors (Lipinski definition) is 4. The molecule has 0 aromatic heterocycles. The first-order valence-corrected chi connectivity index (χ1v) is 10.7. The summed E-state index contributed by atoms with van der Waals surface area (Å²) < 4.78 is 5.54. The largest absolute Gasteiger partial charge is 0.453 e. The van der Waals surface area contributed by atoms with E-state index in [9.17, 15) is 14.4 Å². The van der Waals surface area contributed by atoms with Crippen molar-refractivity contribution in [2.45, 2.75) is 51.6 Å². The Bertz CT molecular complexity index is 847. The Balaban J connectivity index is 1.24. The van der Waals surface area contributed by atoms with Crippen molar-refractivity contribution in [3.63, 3.8) is 0 Å². The molecule has 1 aromatic carbocycles. The Morgan fingerprint density at radius 2 is 1.66 bits per heavy atom. The van der Waals surface area contributed by atoms with E-state index in [1.54, 1.807) is 19.1 Å². The zero-order valence-electron chi connectivity index (χ0n) is 16.9. The first-order valence-electron chi connectivity index (χ1n) is 10.7. The molecule has 0 radical (unpaired) electrons. The highest BCUT2D eigenvalue weighted by Gasteiger charge is 2.55. The van der Waals surface area contributed by atoms with E-state index in [0.717, 1.165) is 24.8 Å². The molecule has 0 saturated heterocycles. The molecule has 4 fully saturated rings. The number of amides is 1. The molecular formula is C24H27NO4. The van der Waals surface area contributed by atoms with Gasteiger partial charge in [-0.25, -0.2) is 0 Å². The van der Waals surface area contributed by atoms with Crippen LogP contribution in [0.2, 0.25) is 0 Å². The van der Waals surface area contributed by atoms with Gasteiger partial charge < -0.3 is 4.74 Å². The second kappa shape index (κ2) is 6.54. The fourth-order valence-corrected chi connectivity index (χ4v) is 6.76. The number of esters is 1. The quantitative estimate of drug-likeness (QED) is 0.713. The minimum absolute atomic E-state index is 0.0832. The van der Waals surface area contributed by atoms with Crippen molar-refractivity contribution in [3.8, 4) is 0 Å². The van der Waals surface area contributed by atoms with Gasteiger partial charge in [-0.3, -0.25) is 19.3 Å². The highest BCUT2D eigenvalue weighted by Crippen LogP contribution is 2.60. The lowest BCUT2D eigenvalue weighted by atomic mass is 9.48. The zero-order valence-corrected chi connectivity index (χ0v) is 16.9. The molecule has 1 heterocycles. The number of hydrogen-bond donors (Lipinski definition) is 0. The van der Waals surface area contributed by atoms with Crippen LogP contribution in [-0.2, 0) is 14.3 Å². The van der Waals surface area contributed by atoms with Crippen LogP contribution in [-0.4, -0.2) is 35.2 Å². The monoisotopic (exact) mass is 393 g/mol. The van der Waals surface area contributed by atoms with E-state index in [1.165, 1.54) is 24.2 Å². The highest BCUT2D eigenvalue weighted by atomic mass is 16.5. The van der Waals surface area contributed by atoms with Crippen molar-refractivity contribution < 1.29 is 19.1 Å². The van der Waals surface area contributed by atoms with Gasteiger partial charge in [0, 0.05) is 22.2 Å². The molecule has 152 valence electrons.